The molecule has 0 saturated carbocycles. The topological polar surface area (TPSA) is 54.2 Å². The lowest BCUT2D eigenvalue weighted by molar-refractivity contribution is 0.276. The smallest absolute Gasteiger partial charge is 0.0564 e. The Kier molecular flexibility index (Phi) is 3.95. The third kappa shape index (κ3) is 2.98. The summed E-state index contributed by atoms with van der Waals surface area (Å²) in [6.07, 6.45) is 4.03. The van der Waals surface area contributed by atoms with Crippen molar-refractivity contribution in [3.63, 3.8) is 0 Å². The Labute approximate surface area is 119 Å². The summed E-state index contributed by atoms with van der Waals surface area (Å²) in [4.78, 5) is 6.88. The minimum atomic E-state index is 0.878. The van der Waals surface area contributed by atoms with Gasteiger partial charge in [-0.05, 0) is 36.1 Å². The van der Waals surface area contributed by atoms with Crippen molar-refractivity contribution in [3.05, 3.63) is 59.4 Å². The molecule has 1 aliphatic rings. The first-order chi connectivity index (χ1) is 9.85. The van der Waals surface area contributed by atoms with Gasteiger partial charge in [-0.3, -0.25) is 15.7 Å². The Morgan fingerprint density at radius 1 is 1.10 bits per heavy atom. The van der Waals surface area contributed by atoms with E-state index in [4.69, 9.17) is 5.84 Å². The fraction of sp³-hybridized carbons (Fsp3) is 0.312. The molecule has 0 bridgehead atoms. The second kappa shape index (κ2) is 6.03. The van der Waals surface area contributed by atoms with E-state index >= 15 is 0 Å². The van der Waals surface area contributed by atoms with Crippen molar-refractivity contribution in [2.24, 2.45) is 5.84 Å². The number of pyridine rings is 1. The Morgan fingerprint density at radius 3 is 2.45 bits per heavy atom. The third-order valence-corrected chi connectivity index (χ3v) is 3.88. The summed E-state index contributed by atoms with van der Waals surface area (Å²) in [6, 6.07) is 12.6. The van der Waals surface area contributed by atoms with Crippen LogP contribution in [0.15, 0.2) is 42.6 Å². The molecule has 1 aromatic heterocycles. The molecule has 20 heavy (non-hydrogen) atoms. The highest BCUT2D eigenvalue weighted by Gasteiger charge is 2.14. The maximum absolute atomic E-state index is 5.44. The number of nitrogen functional groups attached to an aromatic ring is 1. The van der Waals surface area contributed by atoms with Gasteiger partial charge < -0.3 is 5.43 Å². The maximum Gasteiger partial charge on any atom is 0.0564 e. The van der Waals surface area contributed by atoms with Gasteiger partial charge in [0, 0.05) is 25.8 Å². The average Bonchev–Trinajstić information content (AvgIpc) is 2.70. The summed E-state index contributed by atoms with van der Waals surface area (Å²) in [6.45, 7) is 3.04. The first kappa shape index (κ1) is 13.1. The molecule has 0 unspecified atom stereocenters. The summed E-state index contributed by atoms with van der Waals surface area (Å²) < 4.78 is 0. The van der Waals surface area contributed by atoms with E-state index in [1.165, 1.54) is 11.1 Å². The SMILES string of the molecule is NNc1ccnc(CN2CCc3ccccc3CC2)c1. The molecule has 0 spiro atoms. The molecule has 4 nitrogen and oxygen atoms in total. The van der Waals surface area contributed by atoms with Gasteiger partial charge >= 0.3 is 0 Å². The molecule has 104 valence electrons. The summed E-state index contributed by atoms with van der Waals surface area (Å²) >= 11 is 0. The second-order valence-corrected chi connectivity index (χ2v) is 5.23. The summed E-state index contributed by atoms with van der Waals surface area (Å²) in [5, 5.41) is 0. The Bertz CT molecular complexity index is 555. The lowest BCUT2D eigenvalue weighted by Gasteiger charge is -2.19. The molecule has 0 saturated heterocycles. The average molecular weight is 268 g/mol. The van der Waals surface area contributed by atoms with Crippen LogP contribution in [0.2, 0.25) is 0 Å². The molecule has 3 N–H and O–H groups in total. The molecule has 4 heteroatoms. The fourth-order valence-electron chi connectivity index (χ4n) is 2.76. The molecule has 0 amide bonds. The lowest BCUT2D eigenvalue weighted by atomic mass is 10.0. The molecule has 2 heterocycles. The van der Waals surface area contributed by atoms with Gasteiger partial charge in [-0.2, -0.15) is 0 Å². The van der Waals surface area contributed by atoms with E-state index in [9.17, 15) is 0 Å². The van der Waals surface area contributed by atoms with E-state index in [-0.39, 0.29) is 0 Å². The zero-order chi connectivity index (χ0) is 13.8. The molecule has 0 atom stereocenters. The van der Waals surface area contributed by atoms with Crippen molar-refractivity contribution in [3.8, 4) is 0 Å². The van der Waals surface area contributed by atoms with Crippen LogP contribution in [0.1, 0.15) is 16.8 Å². The van der Waals surface area contributed by atoms with Crippen molar-refractivity contribution >= 4 is 5.69 Å². The van der Waals surface area contributed by atoms with Crippen molar-refractivity contribution in [1.29, 1.82) is 0 Å². The summed E-state index contributed by atoms with van der Waals surface area (Å²) in [5.74, 6) is 5.44. The van der Waals surface area contributed by atoms with Gasteiger partial charge in [0.25, 0.3) is 0 Å². The molecule has 1 aliphatic heterocycles. The van der Waals surface area contributed by atoms with Gasteiger partial charge in [-0.15, -0.1) is 0 Å². The van der Waals surface area contributed by atoms with E-state index < -0.39 is 0 Å². The van der Waals surface area contributed by atoms with Crippen molar-refractivity contribution < 1.29 is 0 Å². The minimum Gasteiger partial charge on any atom is -0.324 e. The second-order valence-electron chi connectivity index (χ2n) is 5.23. The van der Waals surface area contributed by atoms with Crippen LogP contribution in [-0.2, 0) is 19.4 Å². The normalized spacial score (nSPS) is 15.4. The Hall–Kier alpha value is -1.91. The van der Waals surface area contributed by atoms with E-state index in [2.05, 4.69) is 39.6 Å². The number of fused-ring (bicyclic) bond motifs is 1. The van der Waals surface area contributed by atoms with Gasteiger partial charge in [0.15, 0.2) is 0 Å². The zero-order valence-electron chi connectivity index (χ0n) is 11.5. The molecular formula is C16H20N4. The number of nitrogens with zero attached hydrogens (tertiary/aromatic N) is 2. The number of aromatic nitrogens is 1. The number of benzene rings is 1. The molecule has 0 fully saturated rings. The molecule has 3 rings (SSSR count). The van der Waals surface area contributed by atoms with Gasteiger partial charge in [0.2, 0.25) is 0 Å². The Morgan fingerprint density at radius 2 is 1.80 bits per heavy atom. The monoisotopic (exact) mass is 268 g/mol. The highest BCUT2D eigenvalue weighted by molar-refractivity contribution is 5.41. The number of hydrogen-bond acceptors (Lipinski definition) is 4. The van der Waals surface area contributed by atoms with Crippen LogP contribution in [-0.4, -0.2) is 23.0 Å². The molecular weight excluding hydrogens is 248 g/mol. The van der Waals surface area contributed by atoms with Crippen LogP contribution in [0.25, 0.3) is 0 Å². The largest absolute Gasteiger partial charge is 0.324 e. The van der Waals surface area contributed by atoms with Crippen molar-refractivity contribution in [2.45, 2.75) is 19.4 Å². The standard InChI is InChI=1S/C16H20N4/c17-19-15-5-8-18-16(11-15)12-20-9-6-13-3-1-2-4-14(13)7-10-20/h1-5,8,11H,6-7,9-10,12,17H2,(H,18,19). The first-order valence-electron chi connectivity index (χ1n) is 7.06. The number of nitrogens with one attached hydrogen (secondary N) is 1. The van der Waals surface area contributed by atoms with Crippen molar-refractivity contribution in [2.75, 3.05) is 18.5 Å². The number of rotatable bonds is 3. The van der Waals surface area contributed by atoms with Crippen LogP contribution < -0.4 is 11.3 Å². The van der Waals surface area contributed by atoms with Crippen LogP contribution in [0, 0.1) is 0 Å². The Balaban J connectivity index is 1.68. The van der Waals surface area contributed by atoms with Crippen LogP contribution in [0.4, 0.5) is 5.69 Å². The van der Waals surface area contributed by atoms with Gasteiger partial charge in [0.05, 0.1) is 11.4 Å². The third-order valence-electron chi connectivity index (χ3n) is 3.88. The lowest BCUT2D eigenvalue weighted by Crippen LogP contribution is -2.26. The van der Waals surface area contributed by atoms with Crippen LogP contribution in [0.3, 0.4) is 0 Å². The predicted octanol–water partition coefficient (Wildman–Crippen LogP) is 1.97. The number of anilines is 1. The minimum absolute atomic E-state index is 0.878. The number of hydrogen-bond donors (Lipinski definition) is 2. The van der Waals surface area contributed by atoms with Gasteiger partial charge in [0.1, 0.15) is 0 Å². The quantitative estimate of drug-likeness (QED) is 0.660. The molecule has 0 aliphatic carbocycles. The summed E-state index contributed by atoms with van der Waals surface area (Å²) in [5.41, 5.74) is 7.62. The molecule has 2 aromatic rings. The van der Waals surface area contributed by atoms with Crippen molar-refractivity contribution in [1.82, 2.24) is 9.88 Å². The van der Waals surface area contributed by atoms with Gasteiger partial charge in [-0.25, -0.2) is 0 Å². The van der Waals surface area contributed by atoms with E-state index in [1.54, 1.807) is 6.20 Å². The number of nitrogens with two attached hydrogens (primary N) is 1. The highest BCUT2D eigenvalue weighted by Crippen LogP contribution is 2.17. The highest BCUT2D eigenvalue weighted by atomic mass is 15.2. The van der Waals surface area contributed by atoms with E-state index in [1.807, 2.05) is 12.1 Å². The van der Waals surface area contributed by atoms with Crippen LogP contribution >= 0.6 is 0 Å². The van der Waals surface area contributed by atoms with E-state index in [0.29, 0.717) is 0 Å². The molecule has 1 aromatic carbocycles. The fourth-order valence-corrected chi connectivity index (χ4v) is 2.76. The number of hydrazine groups is 1. The predicted molar refractivity (Wildman–Crippen MR) is 81.2 cm³/mol. The summed E-state index contributed by atoms with van der Waals surface area (Å²) in [7, 11) is 0. The zero-order valence-corrected chi connectivity index (χ0v) is 11.5. The molecule has 0 radical (unpaired) electrons. The van der Waals surface area contributed by atoms with Crippen LogP contribution in [0.5, 0.6) is 0 Å². The van der Waals surface area contributed by atoms with Gasteiger partial charge in [-0.1, -0.05) is 24.3 Å². The first-order valence-corrected chi connectivity index (χ1v) is 7.06. The van der Waals surface area contributed by atoms with E-state index in [0.717, 1.165) is 43.9 Å². The maximum atomic E-state index is 5.44.